The van der Waals surface area contributed by atoms with Gasteiger partial charge in [0.05, 0.1) is 6.07 Å². The topological polar surface area (TPSA) is 27.0 Å². The van der Waals surface area contributed by atoms with Gasteiger partial charge in [-0.25, -0.2) is 0 Å². The highest BCUT2D eigenvalue weighted by Gasteiger charge is 2.42. The summed E-state index contributed by atoms with van der Waals surface area (Å²) in [5.74, 6) is 0. The summed E-state index contributed by atoms with van der Waals surface area (Å²) < 4.78 is 0. The predicted octanol–water partition coefficient (Wildman–Crippen LogP) is 3.12. The van der Waals surface area contributed by atoms with E-state index in [2.05, 4.69) is 49.2 Å². The molecule has 1 saturated carbocycles. The van der Waals surface area contributed by atoms with Gasteiger partial charge in [-0.05, 0) is 37.8 Å². The van der Waals surface area contributed by atoms with E-state index in [9.17, 15) is 0 Å². The van der Waals surface area contributed by atoms with E-state index in [-0.39, 0.29) is 0 Å². The molecule has 0 spiro atoms. The number of benzene rings is 1. The highest BCUT2D eigenvalue weighted by molar-refractivity contribution is 5.22. The average molecular weight is 228 g/mol. The molecule has 0 amide bonds. The van der Waals surface area contributed by atoms with Crippen LogP contribution in [0, 0.1) is 23.7 Å². The molecule has 2 nitrogen and oxygen atoms in total. The molecule has 0 heterocycles. The van der Waals surface area contributed by atoms with Gasteiger partial charge in [-0.2, -0.15) is 5.26 Å². The van der Waals surface area contributed by atoms with E-state index in [1.54, 1.807) is 0 Å². The SMILES string of the molecule is Cc1cccc(CN(C)CC2(CC#N)CC2)c1. The van der Waals surface area contributed by atoms with Crippen molar-refractivity contribution >= 4 is 0 Å². The van der Waals surface area contributed by atoms with Gasteiger partial charge in [-0.15, -0.1) is 0 Å². The van der Waals surface area contributed by atoms with Crippen molar-refractivity contribution in [3.63, 3.8) is 0 Å². The third kappa shape index (κ3) is 3.31. The highest BCUT2D eigenvalue weighted by atomic mass is 15.1. The molecule has 0 N–H and O–H groups in total. The molecule has 1 aliphatic rings. The molecule has 1 fully saturated rings. The fraction of sp³-hybridized carbons (Fsp3) is 0.533. The van der Waals surface area contributed by atoms with Gasteiger partial charge in [0, 0.05) is 19.5 Å². The van der Waals surface area contributed by atoms with Crippen LogP contribution in [-0.4, -0.2) is 18.5 Å². The Hall–Kier alpha value is -1.33. The van der Waals surface area contributed by atoms with Crippen LogP contribution in [0.1, 0.15) is 30.4 Å². The number of hydrogen-bond acceptors (Lipinski definition) is 2. The number of nitriles is 1. The van der Waals surface area contributed by atoms with Crippen LogP contribution < -0.4 is 0 Å². The van der Waals surface area contributed by atoms with Crippen molar-refractivity contribution in [3.05, 3.63) is 35.4 Å². The molecule has 2 rings (SSSR count). The van der Waals surface area contributed by atoms with Crippen LogP contribution in [0.3, 0.4) is 0 Å². The number of nitrogens with zero attached hydrogens (tertiary/aromatic N) is 2. The Balaban J connectivity index is 1.90. The molecule has 0 saturated heterocycles. The minimum Gasteiger partial charge on any atom is -0.302 e. The Morgan fingerprint density at radius 2 is 2.18 bits per heavy atom. The van der Waals surface area contributed by atoms with Crippen molar-refractivity contribution in [2.75, 3.05) is 13.6 Å². The van der Waals surface area contributed by atoms with Crippen molar-refractivity contribution in [3.8, 4) is 6.07 Å². The molecule has 1 aromatic carbocycles. The predicted molar refractivity (Wildman–Crippen MR) is 69.4 cm³/mol. The van der Waals surface area contributed by atoms with Gasteiger partial charge in [0.15, 0.2) is 0 Å². The quantitative estimate of drug-likeness (QED) is 0.774. The molecule has 0 atom stereocenters. The fourth-order valence-electron chi connectivity index (χ4n) is 2.49. The van der Waals surface area contributed by atoms with E-state index in [1.165, 1.54) is 24.0 Å². The van der Waals surface area contributed by atoms with E-state index in [0.29, 0.717) is 11.8 Å². The van der Waals surface area contributed by atoms with Crippen molar-refractivity contribution in [2.45, 2.75) is 32.7 Å². The van der Waals surface area contributed by atoms with Gasteiger partial charge in [0.2, 0.25) is 0 Å². The Morgan fingerprint density at radius 1 is 1.41 bits per heavy atom. The fourth-order valence-corrected chi connectivity index (χ4v) is 2.49. The summed E-state index contributed by atoms with van der Waals surface area (Å²) in [5, 5.41) is 8.81. The van der Waals surface area contributed by atoms with Crippen molar-refractivity contribution in [1.29, 1.82) is 5.26 Å². The zero-order valence-corrected chi connectivity index (χ0v) is 10.7. The molecule has 0 bridgehead atoms. The van der Waals surface area contributed by atoms with Crippen LogP contribution in [0.4, 0.5) is 0 Å². The van der Waals surface area contributed by atoms with Crippen LogP contribution in [0.2, 0.25) is 0 Å². The van der Waals surface area contributed by atoms with Gasteiger partial charge >= 0.3 is 0 Å². The first kappa shape index (κ1) is 12.1. The number of hydrogen-bond donors (Lipinski definition) is 0. The lowest BCUT2D eigenvalue weighted by Crippen LogP contribution is -2.26. The number of aryl methyl sites for hydroxylation is 1. The Labute approximate surface area is 104 Å². The standard InChI is InChI=1S/C15H20N2/c1-13-4-3-5-14(10-13)11-17(2)12-15(6-7-15)8-9-16/h3-5,10H,6-8,11-12H2,1-2H3. The maximum atomic E-state index is 8.81. The third-order valence-corrected chi connectivity index (χ3v) is 3.55. The van der Waals surface area contributed by atoms with Crippen LogP contribution in [0.5, 0.6) is 0 Å². The normalized spacial score (nSPS) is 16.8. The molecule has 0 unspecified atom stereocenters. The van der Waals surface area contributed by atoms with Crippen molar-refractivity contribution in [1.82, 2.24) is 4.90 Å². The molecular formula is C15H20N2. The van der Waals surface area contributed by atoms with Gasteiger partial charge in [-0.3, -0.25) is 0 Å². The highest BCUT2D eigenvalue weighted by Crippen LogP contribution is 2.49. The first-order chi connectivity index (χ1) is 8.13. The van der Waals surface area contributed by atoms with Crippen molar-refractivity contribution in [2.24, 2.45) is 5.41 Å². The third-order valence-electron chi connectivity index (χ3n) is 3.55. The van der Waals surface area contributed by atoms with Crippen LogP contribution in [-0.2, 0) is 6.54 Å². The molecule has 0 aliphatic heterocycles. The van der Waals surface area contributed by atoms with E-state index in [4.69, 9.17) is 5.26 Å². The second kappa shape index (κ2) is 4.89. The summed E-state index contributed by atoms with van der Waals surface area (Å²) in [6, 6.07) is 11.0. The Morgan fingerprint density at radius 3 is 2.76 bits per heavy atom. The van der Waals surface area contributed by atoms with Crippen LogP contribution >= 0.6 is 0 Å². The lowest BCUT2D eigenvalue weighted by Gasteiger charge is -2.22. The first-order valence-electron chi connectivity index (χ1n) is 6.25. The maximum Gasteiger partial charge on any atom is 0.0628 e. The van der Waals surface area contributed by atoms with E-state index >= 15 is 0 Å². The molecule has 17 heavy (non-hydrogen) atoms. The van der Waals surface area contributed by atoms with E-state index in [0.717, 1.165) is 13.1 Å². The molecule has 0 aromatic heterocycles. The van der Waals surface area contributed by atoms with Crippen LogP contribution in [0.25, 0.3) is 0 Å². The smallest absolute Gasteiger partial charge is 0.0628 e. The zero-order valence-electron chi connectivity index (χ0n) is 10.7. The largest absolute Gasteiger partial charge is 0.302 e. The van der Waals surface area contributed by atoms with Gasteiger partial charge in [0.25, 0.3) is 0 Å². The monoisotopic (exact) mass is 228 g/mol. The second-order valence-corrected chi connectivity index (χ2v) is 5.50. The molecular weight excluding hydrogens is 208 g/mol. The summed E-state index contributed by atoms with van der Waals surface area (Å²) in [6.45, 7) is 4.16. The molecule has 2 heteroatoms. The molecule has 1 aliphatic carbocycles. The maximum absolute atomic E-state index is 8.81. The molecule has 90 valence electrons. The molecule has 1 aromatic rings. The van der Waals surface area contributed by atoms with Crippen LogP contribution in [0.15, 0.2) is 24.3 Å². The Kier molecular flexibility index (Phi) is 3.49. The summed E-state index contributed by atoms with van der Waals surface area (Å²) in [6.07, 6.45) is 3.16. The van der Waals surface area contributed by atoms with Gasteiger partial charge < -0.3 is 4.90 Å². The van der Waals surface area contributed by atoms with Crippen molar-refractivity contribution < 1.29 is 0 Å². The minimum absolute atomic E-state index is 0.313. The molecule has 0 radical (unpaired) electrons. The van der Waals surface area contributed by atoms with E-state index < -0.39 is 0 Å². The Bertz CT molecular complexity index is 427. The number of rotatable bonds is 5. The average Bonchev–Trinajstić information content (AvgIpc) is 2.97. The lowest BCUT2D eigenvalue weighted by molar-refractivity contribution is 0.257. The summed E-state index contributed by atoms with van der Waals surface area (Å²) in [7, 11) is 2.15. The second-order valence-electron chi connectivity index (χ2n) is 5.50. The summed E-state index contributed by atoms with van der Waals surface area (Å²) in [4.78, 5) is 2.35. The zero-order chi connectivity index (χ0) is 12.3. The first-order valence-corrected chi connectivity index (χ1v) is 6.25. The van der Waals surface area contributed by atoms with Gasteiger partial charge in [0.1, 0.15) is 0 Å². The van der Waals surface area contributed by atoms with E-state index in [1.807, 2.05) is 0 Å². The summed E-state index contributed by atoms with van der Waals surface area (Å²) in [5.41, 5.74) is 2.99. The van der Waals surface area contributed by atoms with Gasteiger partial charge in [-0.1, -0.05) is 29.8 Å². The minimum atomic E-state index is 0.313. The lowest BCUT2D eigenvalue weighted by atomic mass is 10.0. The summed E-state index contributed by atoms with van der Waals surface area (Å²) >= 11 is 0.